The van der Waals surface area contributed by atoms with Crippen LogP contribution in [0.4, 0.5) is 5.82 Å². The molecule has 1 saturated heterocycles. The van der Waals surface area contributed by atoms with Gasteiger partial charge in [-0.1, -0.05) is 6.07 Å². The van der Waals surface area contributed by atoms with Gasteiger partial charge in [-0.3, -0.25) is 4.98 Å². The lowest BCUT2D eigenvalue weighted by atomic mass is 10.0. The number of rotatable bonds is 4. The van der Waals surface area contributed by atoms with E-state index in [0.717, 1.165) is 30.2 Å². The Morgan fingerprint density at radius 2 is 2.14 bits per heavy atom. The van der Waals surface area contributed by atoms with Gasteiger partial charge in [-0.15, -0.1) is 0 Å². The molecule has 1 fully saturated rings. The SMILES string of the molecule is NC(Cc1cc(N2CCOCC2)nc(Cl)n1)c1cccnc1. The van der Waals surface area contributed by atoms with E-state index in [1.165, 1.54) is 0 Å². The van der Waals surface area contributed by atoms with E-state index in [4.69, 9.17) is 22.1 Å². The minimum absolute atomic E-state index is 0.169. The van der Waals surface area contributed by atoms with E-state index in [2.05, 4.69) is 19.9 Å². The van der Waals surface area contributed by atoms with Gasteiger partial charge < -0.3 is 15.4 Å². The summed E-state index contributed by atoms with van der Waals surface area (Å²) in [6.45, 7) is 3.02. The Bertz CT molecular complexity index is 619. The first kappa shape index (κ1) is 15.1. The summed E-state index contributed by atoms with van der Waals surface area (Å²) in [5, 5.41) is 0.248. The highest BCUT2D eigenvalue weighted by molar-refractivity contribution is 6.28. The summed E-state index contributed by atoms with van der Waals surface area (Å²) in [6, 6.07) is 5.62. The Morgan fingerprint density at radius 1 is 1.32 bits per heavy atom. The highest BCUT2D eigenvalue weighted by Crippen LogP contribution is 2.20. The molecule has 6 nitrogen and oxygen atoms in total. The van der Waals surface area contributed by atoms with Gasteiger partial charge in [-0.2, -0.15) is 0 Å². The molecule has 0 saturated carbocycles. The second kappa shape index (κ2) is 7.00. The van der Waals surface area contributed by atoms with Crippen LogP contribution in [0, 0.1) is 0 Å². The van der Waals surface area contributed by atoms with Crippen molar-refractivity contribution >= 4 is 17.4 Å². The van der Waals surface area contributed by atoms with Crippen LogP contribution in [0.15, 0.2) is 30.6 Å². The van der Waals surface area contributed by atoms with Gasteiger partial charge in [0.2, 0.25) is 5.28 Å². The predicted molar refractivity (Wildman–Crippen MR) is 84.9 cm³/mol. The molecule has 0 radical (unpaired) electrons. The molecule has 1 unspecified atom stereocenters. The molecule has 2 aromatic rings. The quantitative estimate of drug-likeness (QED) is 0.863. The summed E-state index contributed by atoms with van der Waals surface area (Å²) in [7, 11) is 0. The predicted octanol–water partition coefficient (Wildman–Crippen LogP) is 1.60. The standard InChI is InChI=1S/C15H18ClN5O/c16-15-19-12(8-13(17)11-2-1-3-18-10-11)9-14(20-15)21-4-6-22-7-5-21/h1-3,9-10,13H,4-8,17H2. The van der Waals surface area contributed by atoms with Crippen molar-refractivity contribution in [1.82, 2.24) is 15.0 Å². The van der Waals surface area contributed by atoms with Crippen LogP contribution in [0.25, 0.3) is 0 Å². The number of halogens is 1. The number of morpholine rings is 1. The van der Waals surface area contributed by atoms with E-state index >= 15 is 0 Å². The Hall–Kier alpha value is -1.76. The summed E-state index contributed by atoms with van der Waals surface area (Å²) in [5.74, 6) is 0.830. The van der Waals surface area contributed by atoms with Crippen molar-refractivity contribution in [3.63, 3.8) is 0 Å². The zero-order chi connectivity index (χ0) is 15.4. The minimum atomic E-state index is -0.169. The van der Waals surface area contributed by atoms with E-state index in [9.17, 15) is 0 Å². The third-order valence-corrected chi connectivity index (χ3v) is 3.78. The van der Waals surface area contributed by atoms with Crippen LogP contribution in [0.3, 0.4) is 0 Å². The Kier molecular flexibility index (Phi) is 4.82. The van der Waals surface area contributed by atoms with Crippen molar-refractivity contribution in [2.45, 2.75) is 12.5 Å². The van der Waals surface area contributed by atoms with Crippen LogP contribution in [0.2, 0.25) is 5.28 Å². The molecule has 0 amide bonds. The van der Waals surface area contributed by atoms with E-state index in [-0.39, 0.29) is 11.3 Å². The van der Waals surface area contributed by atoms with Crippen LogP contribution >= 0.6 is 11.6 Å². The maximum absolute atomic E-state index is 6.23. The van der Waals surface area contributed by atoms with Crippen LogP contribution in [-0.2, 0) is 11.2 Å². The van der Waals surface area contributed by atoms with E-state index in [1.807, 2.05) is 18.2 Å². The molecule has 0 aliphatic carbocycles. The fourth-order valence-electron chi connectivity index (χ4n) is 2.45. The number of aromatic nitrogens is 3. The number of hydrogen-bond donors (Lipinski definition) is 1. The van der Waals surface area contributed by atoms with Crippen molar-refractivity contribution in [2.24, 2.45) is 5.73 Å². The molecule has 2 N–H and O–H groups in total. The number of nitrogens with two attached hydrogens (primary N) is 1. The van der Waals surface area contributed by atoms with Gasteiger partial charge in [0.1, 0.15) is 5.82 Å². The second-order valence-electron chi connectivity index (χ2n) is 5.18. The van der Waals surface area contributed by atoms with E-state index in [1.54, 1.807) is 12.4 Å². The number of ether oxygens (including phenoxy) is 1. The maximum Gasteiger partial charge on any atom is 0.224 e. The third kappa shape index (κ3) is 3.71. The smallest absolute Gasteiger partial charge is 0.224 e. The van der Waals surface area contributed by atoms with Gasteiger partial charge in [-0.05, 0) is 23.2 Å². The van der Waals surface area contributed by atoms with E-state index in [0.29, 0.717) is 19.6 Å². The number of nitrogens with zero attached hydrogens (tertiary/aromatic N) is 4. The summed E-state index contributed by atoms with van der Waals surface area (Å²) < 4.78 is 5.36. The molecule has 1 aliphatic rings. The van der Waals surface area contributed by atoms with Crippen LogP contribution in [0.1, 0.15) is 17.3 Å². The van der Waals surface area contributed by atoms with Gasteiger partial charge in [0.15, 0.2) is 0 Å². The first-order chi connectivity index (χ1) is 10.7. The third-order valence-electron chi connectivity index (χ3n) is 3.62. The van der Waals surface area contributed by atoms with Crippen molar-refractivity contribution < 1.29 is 4.74 Å². The Labute approximate surface area is 134 Å². The summed E-state index contributed by atoms with van der Waals surface area (Å²) >= 11 is 6.07. The van der Waals surface area contributed by atoms with Crippen molar-refractivity contribution in [2.75, 3.05) is 31.2 Å². The summed E-state index contributed by atoms with van der Waals surface area (Å²) in [5.41, 5.74) is 8.04. The van der Waals surface area contributed by atoms with Gasteiger partial charge in [0.25, 0.3) is 0 Å². The number of anilines is 1. The zero-order valence-corrected chi connectivity index (χ0v) is 12.9. The molecule has 0 bridgehead atoms. The lowest BCUT2D eigenvalue weighted by molar-refractivity contribution is 0.122. The van der Waals surface area contributed by atoms with Crippen molar-refractivity contribution in [1.29, 1.82) is 0 Å². The largest absolute Gasteiger partial charge is 0.378 e. The fourth-order valence-corrected chi connectivity index (χ4v) is 2.64. The molecule has 2 aromatic heterocycles. The highest BCUT2D eigenvalue weighted by Gasteiger charge is 2.16. The van der Waals surface area contributed by atoms with Crippen LogP contribution in [0.5, 0.6) is 0 Å². The molecule has 1 atom stereocenters. The van der Waals surface area contributed by atoms with Crippen LogP contribution in [-0.4, -0.2) is 41.3 Å². The van der Waals surface area contributed by atoms with Gasteiger partial charge in [0.05, 0.1) is 13.2 Å². The molecule has 116 valence electrons. The van der Waals surface area contributed by atoms with E-state index < -0.39 is 0 Å². The monoisotopic (exact) mass is 319 g/mol. The summed E-state index contributed by atoms with van der Waals surface area (Å²) in [6.07, 6.45) is 4.09. The van der Waals surface area contributed by atoms with Crippen LogP contribution < -0.4 is 10.6 Å². The molecule has 3 heterocycles. The van der Waals surface area contributed by atoms with Gasteiger partial charge >= 0.3 is 0 Å². The minimum Gasteiger partial charge on any atom is -0.378 e. The zero-order valence-electron chi connectivity index (χ0n) is 12.2. The average Bonchev–Trinajstić information content (AvgIpc) is 2.56. The normalized spacial score (nSPS) is 16.5. The number of hydrogen-bond acceptors (Lipinski definition) is 6. The average molecular weight is 320 g/mol. The van der Waals surface area contributed by atoms with Gasteiger partial charge in [0, 0.05) is 49.7 Å². The fraction of sp³-hybridized carbons (Fsp3) is 0.400. The highest BCUT2D eigenvalue weighted by atomic mass is 35.5. The first-order valence-electron chi connectivity index (χ1n) is 7.24. The Morgan fingerprint density at radius 3 is 2.86 bits per heavy atom. The second-order valence-corrected chi connectivity index (χ2v) is 5.52. The number of pyridine rings is 1. The van der Waals surface area contributed by atoms with Crippen molar-refractivity contribution in [3.8, 4) is 0 Å². The van der Waals surface area contributed by atoms with Gasteiger partial charge in [-0.25, -0.2) is 9.97 Å². The maximum atomic E-state index is 6.23. The molecule has 3 rings (SSSR count). The molecule has 0 aromatic carbocycles. The molecular weight excluding hydrogens is 302 g/mol. The lowest BCUT2D eigenvalue weighted by Crippen LogP contribution is -2.37. The molecule has 1 aliphatic heterocycles. The molecule has 7 heteroatoms. The van der Waals surface area contributed by atoms with Crippen molar-refractivity contribution in [3.05, 3.63) is 47.1 Å². The molecule has 0 spiro atoms. The molecular formula is C15H18ClN5O. The lowest BCUT2D eigenvalue weighted by Gasteiger charge is -2.28. The molecule has 22 heavy (non-hydrogen) atoms. The first-order valence-corrected chi connectivity index (χ1v) is 7.62. The topological polar surface area (TPSA) is 77.2 Å². The Balaban J connectivity index is 1.77. The summed E-state index contributed by atoms with van der Waals surface area (Å²) in [4.78, 5) is 14.8.